The molecule has 0 bridgehead atoms. The molecule has 2 unspecified atom stereocenters. The van der Waals surface area contributed by atoms with Crippen molar-refractivity contribution in [1.29, 1.82) is 0 Å². The molecule has 0 saturated heterocycles. The Kier molecular flexibility index (Phi) is 2.43. The SMILES string of the molecule is c1ccc2c3ccn4c(c-3nc2c1)CC1CCCCC1C4. The molecule has 21 heavy (non-hydrogen) atoms. The van der Waals surface area contributed by atoms with Crippen molar-refractivity contribution < 1.29 is 0 Å². The molecule has 2 atom stereocenters. The molecule has 106 valence electrons. The predicted molar refractivity (Wildman–Crippen MR) is 85.5 cm³/mol. The lowest BCUT2D eigenvalue weighted by Crippen LogP contribution is -2.32. The largest absolute Gasteiger partial charge is 0.349 e. The van der Waals surface area contributed by atoms with Crippen molar-refractivity contribution in [2.75, 3.05) is 0 Å². The van der Waals surface area contributed by atoms with E-state index in [0.29, 0.717) is 0 Å². The normalized spacial score (nSPS) is 25.0. The van der Waals surface area contributed by atoms with E-state index in [0.717, 1.165) is 17.4 Å². The summed E-state index contributed by atoms with van der Waals surface area (Å²) in [5.41, 5.74) is 5.22. The van der Waals surface area contributed by atoms with E-state index in [4.69, 9.17) is 4.98 Å². The van der Waals surface area contributed by atoms with Crippen molar-refractivity contribution in [1.82, 2.24) is 9.55 Å². The quantitative estimate of drug-likeness (QED) is 0.591. The number of nitrogens with zero attached hydrogens (tertiary/aromatic N) is 2. The molecule has 1 fully saturated rings. The van der Waals surface area contributed by atoms with Crippen LogP contribution in [-0.2, 0) is 13.0 Å². The number of hydrogen-bond donors (Lipinski definition) is 0. The Hall–Kier alpha value is -1.83. The lowest BCUT2D eigenvalue weighted by Gasteiger charge is -2.38. The maximum Gasteiger partial charge on any atom is 0.0911 e. The topological polar surface area (TPSA) is 17.8 Å². The van der Waals surface area contributed by atoms with Gasteiger partial charge in [0, 0.05) is 29.4 Å². The summed E-state index contributed by atoms with van der Waals surface area (Å²) in [6, 6.07) is 10.8. The maximum atomic E-state index is 4.95. The molecule has 1 aromatic carbocycles. The summed E-state index contributed by atoms with van der Waals surface area (Å²) < 4.78 is 2.49. The van der Waals surface area contributed by atoms with Crippen LogP contribution in [-0.4, -0.2) is 9.55 Å². The number of rotatable bonds is 0. The van der Waals surface area contributed by atoms with Crippen molar-refractivity contribution in [3.63, 3.8) is 0 Å². The number of para-hydroxylation sites is 1. The minimum atomic E-state index is 0.893. The van der Waals surface area contributed by atoms with Crippen LogP contribution < -0.4 is 0 Å². The summed E-state index contributed by atoms with van der Waals surface area (Å²) in [5, 5.41) is 1.31. The molecule has 4 aliphatic rings. The van der Waals surface area contributed by atoms with Gasteiger partial charge in [0.15, 0.2) is 0 Å². The zero-order valence-corrected chi connectivity index (χ0v) is 12.3. The standard InChI is InChI=1S/C19H20N2/c1-2-6-14-12-21-10-9-16-15-7-3-4-8-17(15)20-19(16)18(21)11-13(14)5-1/h3-4,7-10,13-14H,1-2,5-6,11-12H2. The highest BCUT2D eigenvalue weighted by atomic mass is 15.0. The third-order valence-corrected chi connectivity index (χ3v) is 5.68. The Morgan fingerprint density at radius 3 is 2.81 bits per heavy atom. The van der Waals surface area contributed by atoms with Gasteiger partial charge in [0.05, 0.1) is 11.2 Å². The summed E-state index contributed by atoms with van der Waals surface area (Å²) in [5.74, 6) is 1.79. The van der Waals surface area contributed by atoms with E-state index in [2.05, 4.69) is 41.1 Å². The van der Waals surface area contributed by atoms with Crippen LogP contribution in [0.1, 0.15) is 31.4 Å². The molecule has 2 heteroatoms. The highest BCUT2D eigenvalue weighted by Gasteiger charge is 2.32. The van der Waals surface area contributed by atoms with E-state index < -0.39 is 0 Å². The smallest absolute Gasteiger partial charge is 0.0911 e. The molecule has 0 amide bonds. The number of hydrogen-bond acceptors (Lipinski definition) is 1. The van der Waals surface area contributed by atoms with E-state index in [1.165, 1.54) is 61.0 Å². The van der Waals surface area contributed by atoms with Crippen LogP contribution in [0.2, 0.25) is 0 Å². The van der Waals surface area contributed by atoms with Gasteiger partial charge in [0.25, 0.3) is 0 Å². The highest BCUT2D eigenvalue weighted by molar-refractivity contribution is 5.97. The summed E-state index contributed by atoms with van der Waals surface area (Å²) in [4.78, 5) is 4.95. The molecule has 0 radical (unpaired) electrons. The lowest BCUT2D eigenvalue weighted by molar-refractivity contribution is 0.182. The third kappa shape index (κ3) is 1.68. The fourth-order valence-corrected chi connectivity index (χ4v) is 4.57. The van der Waals surface area contributed by atoms with Crippen molar-refractivity contribution in [3.05, 3.63) is 42.2 Å². The lowest BCUT2D eigenvalue weighted by atomic mass is 9.74. The molecule has 1 aliphatic carbocycles. The Balaban J connectivity index is 1.71. The van der Waals surface area contributed by atoms with E-state index >= 15 is 0 Å². The Morgan fingerprint density at radius 2 is 1.86 bits per heavy atom. The summed E-state index contributed by atoms with van der Waals surface area (Å²) in [7, 11) is 0. The van der Waals surface area contributed by atoms with Gasteiger partial charge in [0.2, 0.25) is 0 Å². The molecule has 5 rings (SSSR count). The van der Waals surface area contributed by atoms with Crippen LogP contribution in [0, 0.1) is 11.8 Å². The first kappa shape index (κ1) is 11.8. The van der Waals surface area contributed by atoms with Gasteiger partial charge in [-0.05, 0) is 43.2 Å². The first-order valence-electron chi connectivity index (χ1n) is 8.26. The second-order valence-electron chi connectivity index (χ2n) is 6.81. The Morgan fingerprint density at radius 1 is 1.00 bits per heavy atom. The second-order valence-corrected chi connectivity index (χ2v) is 6.81. The fraction of sp³-hybridized carbons (Fsp3) is 0.421. The first-order valence-corrected chi connectivity index (χ1v) is 8.26. The predicted octanol–water partition coefficient (Wildman–Crippen LogP) is 4.50. The molecule has 0 spiro atoms. The van der Waals surface area contributed by atoms with E-state index in [-0.39, 0.29) is 0 Å². The Labute approximate surface area is 125 Å². The van der Waals surface area contributed by atoms with Gasteiger partial charge in [-0.3, -0.25) is 0 Å². The average molecular weight is 276 g/mol. The number of aromatic nitrogens is 2. The van der Waals surface area contributed by atoms with Crippen LogP contribution in [0.25, 0.3) is 22.2 Å². The minimum Gasteiger partial charge on any atom is -0.349 e. The van der Waals surface area contributed by atoms with E-state index in [9.17, 15) is 0 Å². The molecule has 2 nitrogen and oxygen atoms in total. The molecule has 3 aliphatic heterocycles. The average Bonchev–Trinajstić information content (AvgIpc) is 2.92. The van der Waals surface area contributed by atoms with Gasteiger partial charge in [-0.1, -0.05) is 31.0 Å². The molecule has 1 saturated carbocycles. The Bertz CT molecular complexity index is 786. The summed E-state index contributed by atoms with van der Waals surface area (Å²) >= 11 is 0. The van der Waals surface area contributed by atoms with Crippen LogP contribution in [0.4, 0.5) is 0 Å². The fourth-order valence-electron chi connectivity index (χ4n) is 4.57. The monoisotopic (exact) mass is 276 g/mol. The van der Waals surface area contributed by atoms with Crippen LogP contribution >= 0.6 is 0 Å². The first-order chi connectivity index (χ1) is 10.4. The molecule has 0 N–H and O–H groups in total. The summed E-state index contributed by atoms with van der Waals surface area (Å²) in [6.45, 7) is 1.21. The van der Waals surface area contributed by atoms with Crippen molar-refractivity contribution in [2.45, 2.75) is 38.6 Å². The van der Waals surface area contributed by atoms with Crippen LogP contribution in [0.5, 0.6) is 0 Å². The molecular weight excluding hydrogens is 256 g/mol. The van der Waals surface area contributed by atoms with Gasteiger partial charge in [-0.15, -0.1) is 0 Å². The third-order valence-electron chi connectivity index (χ3n) is 5.68. The number of benzene rings is 1. The molecule has 0 aromatic heterocycles. The van der Waals surface area contributed by atoms with Crippen molar-refractivity contribution in [3.8, 4) is 11.3 Å². The van der Waals surface area contributed by atoms with E-state index in [1.54, 1.807) is 0 Å². The van der Waals surface area contributed by atoms with Crippen LogP contribution in [0.3, 0.4) is 0 Å². The van der Waals surface area contributed by atoms with Gasteiger partial charge >= 0.3 is 0 Å². The number of fused-ring (bicyclic) bond motifs is 6. The van der Waals surface area contributed by atoms with Gasteiger partial charge < -0.3 is 4.57 Å². The van der Waals surface area contributed by atoms with E-state index in [1.807, 2.05) is 0 Å². The molecule has 3 heterocycles. The molecule has 1 aromatic rings. The maximum absolute atomic E-state index is 4.95. The zero-order valence-electron chi connectivity index (χ0n) is 12.3. The highest BCUT2D eigenvalue weighted by Crippen LogP contribution is 2.41. The number of pyridine rings is 1. The van der Waals surface area contributed by atoms with Gasteiger partial charge in [-0.2, -0.15) is 0 Å². The van der Waals surface area contributed by atoms with Crippen LogP contribution in [0.15, 0.2) is 36.5 Å². The zero-order chi connectivity index (χ0) is 13.8. The summed E-state index contributed by atoms with van der Waals surface area (Å²) in [6.07, 6.45) is 9.22. The second kappa shape index (κ2) is 4.33. The van der Waals surface area contributed by atoms with Gasteiger partial charge in [-0.25, -0.2) is 4.98 Å². The van der Waals surface area contributed by atoms with Crippen molar-refractivity contribution >= 4 is 10.9 Å². The van der Waals surface area contributed by atoms with Crippen molar-refractivity contribution in [2.24, 2.45) is 11.8 Å². The van der Waals surface area contributed by atoms with Gasteiger partial charge in [0.1, 0.15) is 0 Å². The minimum absolute atomic E-state index is 0.893. The molecular formula is C19H20N2.